The van der Waals surface area contributed by atoms with Crippen LogP contribution in [0.5, 0.6) is 5.75 Å². The molecule has 4 heteroatoms. The fourth-order valence-corrected chi connectivity index (χ4v) is 2.03. The molecule has 1 aromatic carbocycles. The van der Waals surface area contributed by atoms with Gasteiger partial charge in [0.15, 0.2) is 0 Å². The fraction of sp³-hybridized carbons (Fsp3) is 0.647. The lowest BCUT2D eigenvalue weighted by Gasteiger charge is -2.32. The SMILES string of the molecule is CC(C)(C)COc1cccc(B2OC(C)(C)C(C)(C)O2)c1. The van der Waals surface area contributed by atoms with Gasteiger partial charge in [-0.25, -0.2) is 0 Å². The largest absolute Gasteiger partial charge is 0.494 e. The minimum absolute atomic E-state index is 0.139. The molecule has 3 nitrogen and oxygen atoms in total. The first-order valence-electron chi connectivity index (χ1n) is 7.59. The molecule has 0 atom stereocenters. The standard InChI is InChI=1S/C17H27BO3/c1-15(2,3)12-19-14-10-8-9-13(11-14)18-20-16(4,5)17(6,7)21-18/h8-11H,12H2,1-7H3. The second kappa shape index (κ2) is 5.33. The van der Waals surface area contributed by atoms with Gasteiger partial charge in [-0.3, -0.25) is 0 Å². The zero-order valence-electron chi connectivity index (χ0n) is 14.3. The number of ether oxygens (including phenoxy) is 1. The van der Waals surface area contributed by atoms with Crippen molar-refractivity contribution >= 4 is 12.6 Å². The van der Waals surface area contributed by atoms with E-state index < -0.39 is 0 Å². The third-order valence-electron chi connectivity index (χ3n) is 4.06. The molecule has 116 valence electrons. The Morgan fingerprint density at radius 2 is 1.62 bits per heavy atom. The molecule has 0 N–H and O–H groups in total. The molecule has 0 aromatic heterocycles. The number of rotatable bonds is 3. The van der Waals surface area contributed by atoms with Crippen molar-refractivity contribution in [1.29, 1.82) is 0 Å². The van der Waals surface area contributed by atoms with E-state index in [9.17, 15) is 0 Å². The maximum absolute atomic E-state index is 6.07. The Morgan fingerprint density at radius 1 is 1.05 bits per heavy atom. The summed E-state index contributed by atoms with van der Waals surface area (Å²) in [5, 5.41) is 0. The molecule has 1 aromatic rings. The van der Waals surface area contributed by atoms with Crippen LogP contribution in [0.4, 0.5) is 0 Å². The van der Waals surface area contributed by atoms with Crippen LogP contribution in [0.15, 0.2) is 24.3 Å². The molecular formula is C17H27BO3. The smallest absolute Gasteiger partial charge is 0.493 e. The third kappa shape index (κ3) is 3.80. The molecule has 2 rings (SSSR count). The second-order valence-electron chi connectivity index (χ2n) is 8.01. The van der Waals surface area contributed by atoms with E-state index >= 15 is 0 Å². The molecule has 0 saturated carbocycles. The normalized spacial score (nSPS) is 20.6. The molecule has 0 spiro atoms. The van der Waals surface area contributed by atoms with E-state index in [1.54, 1.807) is 0 Å². The second-order valence-corrected chi connectivity index (χ2v) is 8.01. The lowest BCUT2D eigenvalue weighted by Crippen LogP contribution is -2.41. The maximum atomic E-state index is 6.07. The van der Waals surface area contributed by atoms with Crippen LogP contribution in [-0.2, 0) is 9.31 Å². The van der Waals surface area contributed by atoms with Crippen molar-refractivity contribution in [2.75, 3.05) is 6.61 Å². The minimum Gasteiger partial charge on any atom is -0.493 e. The van der Waals surface area contributed by atoms with Gasteiger partial charge in [-0.05, 0) is 50.7 Å². The highest BCUT2D eigenvalue weighted by Gasteiger charge is 2.51. The predicted octanol–water partition coefficient (Wildman–Crippen LogP) is 3.41. The van der Waals surface area contributed by atoms with Gasteiger partial charge in [0, 0.05) is 0 Å². The van der Waals surface area contributed by atoms with Crippen LogP contribution < -0.4 is 10.2 Å². The molecule has 0 unspecified atom stereocenters. The molecule has 21 heavy (non-hydrogen) atoms. The summed E-state index contributed by atoms with van der Waals surface area (Å²) in [6.45, 7) is 15.4. The zero-order chi connectivity index (χ0) is 15.9. The van der Waals surface area contributed by atoms with Crippen molar-refractivity contribution in [3.05, 3.63) is 24.3 Å². The first kappa shape index (κ1) is 16.4. The third-order valence-corrected chi connectivity index (χ3v) is 4.06. The van der Waals surface area contributed by atoms with E-state index in [1.165, 1.54) is 0 Å². The Labute approximate surface area is 129 Å². The van der Waals surface area contributed by atoms with E-state index in [0.717, 1.165) is 11.2 Å². The average molecular weight is 290 g/mol. The van der Waals surface area contributed by atoms with Crippen LogP contribution in [0, 0.1) is 5.41 Å². The van der Waals surface area contributed by atoms with Crippen LogP contribution in [0.3, 0.4) is 0 Å². The molecule has 0 aliphatic carbocycles. The number of hydrogen-bond acceptors (Lipinski definition) is 3. The molecule has 1 saturated heterocycles. The molecule has 0 amide bonds. The van der Waals surface area contributed by atoms with Crippen molar-refractivity contribution in [3.63, 3.8) is 0 Å². The van der Waals surface area contributed by atoms with E-state index in [-0.39, 0.29) is 23.7 Å². The zero-order valence-corrected chi connectivity index (χ0v) is 14.3. The maximum Gasteiger partial charge on any atom is 0.494 e. The van der Waals surface area contributed by atoms with Gasteiger partial charge in [-0.2, -0.15) is 0 Å². The molecule has 1 aliphatic heterocycles. The fourth-order valence-electron chi connectivity index (χ4n) is 2.03. The Morgan fingerprint density at radius 3 is 2.14 bits per heavy atom. The van der Waals surface area contributed by atoms with Crippen LogP contribution in [-0.4, -0.2) is 24.9 Å². The highest BCUT2D eigenvalue weighted by atomic mass is 16.7. The topological polar surface area (TPSA) is 27.7 Å². The first-order chi connectivity index (χ1) is 9.50. The van der Waals surface area contributed by atoms with Crippen molar-refractivity contribution in [2.24, 2.45) is 5.41 Å². The summed E-state index contributed by atoms with van der Waals surface area (Å²) >= 11 is 0. The predicted molar refractivity (Wildman–Crippen MR) is 87.1 cm³/mol. The number of benzene rings is 1. The van der Waals surface area contributed by atoms with E-state index in [4.69, 9.17) is 14.0 Å². The monoisotopic (exact) mass is 290 g/mol. The van der Waals surface area contributed by atoms with E-state index in [2.05, 4.69) is 48.5 Å². The Kier molecular flexibility index (Phi) is 4.16. The molecule has 0 radical (unpaired) electrons. The quantitative estimate of drug-likeness (QED) is 0.798. The summed E-state index contributed by atoms with van der Waals surface area (Å²) < 4.78 is 18.0. The van der Waals surface area contributed by atoms with Gasteiger partial charge in [-0.15, -0.1) is 0 Å². The lowest BCUT2D eigenvalue weighted by molar-refractivity contribution is 0.00578. The molecule has 1 aliphatic rings. The van der Waals surface area contributed by atoms with Gasteiger partial charge in [-0.1, -0.05) is 32.9 Å². The van der Waals surface area contributed by atoms with E-state index in [0.29, 0.717) is 6.61 Å². The first-order valence-corrected chi connectivity index (χ1v) is 7.59. The van der Waals surface area contributed by atoms with E-state index in [1.807, 2.05) is 24.3 Å². The molecular weight excluding hydrogens is 263 g/mol. The van der Waals surface area contributed by atoms with Gasteiger partial charge in [0.05, 0.1) is 17.8 Å². The summed E-state index contributed by atoms with van der Waals surface area (Å²) in [6, 6.07) is 7.98. The Bertz CT molecular complexity index is 487. The summed E-state index contributed by atoms with van der Waals surface area (Å²) in [6.07, 6.45) is 0. The van der Waals surface area contributed by atoms with Crippen LogP contribution in [0.25, 0.3) is 0 Å². The highest BCUT2D eigenvalue weighted by molar-refractivity contribution is 6.62. The Balaban J connectivity index is 2.12. The average Bonchev–Trinajstić information content (AvgIpc) is 2.56. The number of hydrogen-bond donors (Lipinski definition) is 0. The van der Waals surface area contributed by atoms with Crippen molar-refractivity contribution < 1.29 is 14.0 Å². The van der Waals surface area contributed by atoms with Crippen molar-refractivity contribution in [2.45, 2.75) is 59.7 Å². The Hall–Kier alpha value is -0.995. The van der Waals surface area contributed by atoms with Gasteiger partial charge < -0.3 is 14.0 Å². The lowest BCUT2D eigenvalue weighted by atomic mass is 9.79. The van der Waals surface area contributed by atoms with Gasteiger partial charge in [0.1, 0.15) is 5.75 Å². The van der Waals surface area contributed by atoms with Gasteiger partial charge in [0.25, 0.3) is 0 Å². The summed E-state index contributed by atoms with van der Waals surface area (Å²) in [7, 11) is -0.340. The van der Waals surface area contributed by atoms with Gasteiger partial charge >= 0.3 is 7.12 Å². The highest BCUT2D eigenvalue weighted by Crippen LogP contribution is 2.36. The summed E-state index contributed by atoms with van der Waals surface area (Å²) in [5.41, 5.74) is 0.500. The van der Waals surface area contributed by atoms with Crippen LogP contribution >= 0.6 is 0 Å². The van der Waals surface area contributed by atoms with Crippen molar-refractivity contribution in [1.82, 2.24) is 0 Å². The molecule has 1 heterocycles. The van der Waals surface area contributed by atoms with Crippen LogP contribution in [0.1, 0.15) is 48.5 Å². The van der Waals surface area contributed by atoms with Gasteiger partial charge in [0.2, 0.25) is 0 Å². The van der Waals surface area contributed by atoms with Crippen molar-refractivity contribution in [3.8, 4) is 5.75 Å². The minimum atomic E-state index is -0.340. The summed E-state index contributed by atoms with van der Waals surface area (Å²) in [4.78, 5) is 0. The van der Waals surface area contributed by atoms with Crippen LogP contribution in [0.2, 0.25) is 0 Å². The molecule has 1 fully saturated rings. The molecule has 0 bridgehead atoms. The summed E-state index contributed by atoms with van der Waals surface area (Å²) in [5.74, 6) is 0.858.